The summed E-state index contributed by atoms with van der Waals surface area (Å²) in [6.45, 7) is 7.51. The highest BCUT2D eigenvalue weighted by atomic mass is 127. The third-order valence-corrected chi connectivity index (χ3v) is 2.18. The molecule has 0 radical (unpaired) electrons. The molecule has 0 aliphatic rings. The fourth-order valence-electron chi connectivity index (χ4n) is 0.782. The van der Waals surface area contributed by atoms with E-state index in [1.54, 1.807) is 6.08 Å². The van der Waals surface area contributed by atoms with E-state index < -0.39 is 0 Å². The van der Waals surface area contributed by atoms with Crippen molar-refractivity contribution in [3.8, 4) is 0 Å². The Morgan fingerprint density at radius 1 is 1.27 bits per heavy atom. The molecule has 0 aromatic heterocycles. The second-order valence-electron chi connectivity index (χ2n) is 2.24. The van der Waals surface area contributed by atoms with Crippen molar-refractivity contribution in [2.24, 2.45) is 0 Å². The van der Waals surface area contributed by atoms with Gasteiger partial charge in [0, 0.05) is 3.57 Å². The molecule has 0 aliphatic heterocycles. The van der Waals surface area contributed by atoms with E-state index in [1.807, 2.05) is 12.1 Å². The molecular weight excluding hydrogens is 247 g/mol. The molecule has 0 nitrogen and oxygen atoms in total. The van der Waals surface area contributed by atoms with Gasteiger partial charge in [-0.05, 0) is 45.9 Å². The first kappa shape index (κ1) is 8.53. The Morgan fingerprint density at radius 3 is 2.27 bits per heavy atom. The number of allylic oxidation sites excluding steroid dienone is 2. The van der Waals surface area contributed by atoms with Gasteiger partial charge in [-0.25, -0.2) is 0 Å². The average Bonchev–Trinajstić information content (AvgIpc) is 2.05. The minimum absolute atomic E-state index is 0.974. The lowest BCUT2D eigenvalue weighted by atomic mass is 10.1. The highest BCUT2D eigenvalue weighted by molar-refractivity contribution is 14.1. The van der Waals surface area contributed by atoms with Gasteiger partial charge in [0.05, 0.1) is 0 Å². The summed E-state index contributed by atoms with van der Waals surface area (Å²) in [6, 6.07) is 8.22. The van der Waals surface area contributed by atoms with E-state index in [-0.39, 0.29) is 0 Å². The molecule has 11 heavy (non-hydrogen) atoms. The maximum Gasteiger partial charge on any atom is 0.0130 e. The molecular formula is C10H9I. The van der Waals surface area contributed by atoms with Crippen molar-refractivity contribution in [2.45, 2.75) is 0 Å². The van der Waals surface area contributed by atoms with Crippen LogP contribution < -0.4 is 0 Å². The summed E-state index contributed by atoms with van der Waals surface area (Å²) < 4.78 is 1.24. The van der Waals surface area contributed by atoms with E-state index in [1.165, 1.54) is 3.57 Å². The number of halogens is 1. The Morgan fingerprint density at radius 2 is 1.82 bits per heavy atom. The number of benzene rings is 1. The van der Waals surface area contributed by atoms with Crippen molar-refractivity contribution in [2.75, 3.05) is 0 Å². The Labute approximate surface area is 80.8 Å². The van der Waals surface area contributed by atoms with Crippen molar-refractivity contribution in [1.29, 1.82) is 0 Å². The van der Waals surface area contributed by atoms with E-state index >= 15 is 0 Å². The van der Waals surface area contributed by atoms with E-state index in [0.29, 0.717) is 0 Å². The SMILES string of the molecule is C=CC(=C)c1ccc(I)cc1. The molecule has 0 heterocycles. The van der Waals surface area contributed by atoms with E-state index in [4.69, 9.17) is 0 Å². The van der Waals surface area contributed by atoms with Crippen LogP contribution >= 0.6 is 22.6 Å². The van der Waals surface area contributed by atoms with E-state index in [0.717, 1.165) is 11.1 Å². The van der Waals surface area contributed by atoms with Crippen LogP contribution in [0.1, 0.15) is 5.56 Å². The number of rotatable bonds is 2. The first-order chi connectivity index (χ1) is 5.24. The third kappa shape index (κ3) is 2.19. The molecule has 1 rings (SSSR count). The zero-order chi connectivity index (χ0) is 8.27. The monoisotopic (exact) mass is 256 g/mol. The van der Waals surface area contributed by atoms with Crippen LogP contribution in [0.3, 0.4) is 0 Å². The molecule has 0 N–H and O–H groups in total. The second-order valence-corrected chi connectivity index (χ2v) is 3.48. The van der Waals surface area contributed by atoms with Crippen LogP contribution in [-0.4, -0.2) is 0 Å². The topological polar surface area (TPSA) is 0 Å². The van der Waals surface area contributed by atoms with Gasteiger partial charge >= 0.3 is 0 Å². The smallest absolute Gasteiger partial charge is 0.0130 e. The predicted molar refractivity (Wildman–Crippen MR) is 58.4 cm³/mol. The Hall–Kier alpha value is -0.570. The van der Waals surface area contributed by atoms with Gasteiger partial charge < -0.3 is 0 Å². The van der Waals surface area contributed by atoms with Gasteiger partial charge in [0.1, 0.15) is 0 Å². The normalized spacial score (nSPS) is 9.18. The van der Waals surface area contributed by atoms with E-state index in [2.05, 4.69) is 47.9 Å². The van der Waals surface area contributed by atoms with Crippen LogP contribution in [0.2, 0.25) is 0 Å². The molecule has 0 saturated carbocycles. The summed E-state index contributed by atoms with van der Waals surface area (Å²) in [5.74, 6) is 0. The summed E-state index contributed by atoms with van der Waals surface area (Å²) in [6.07, 6.45) is 1.77. The van der Waals surface area contributed by atoms with Crippen molar-refractivity contribution in [3.05, 3.63) is 52.6 Å². The number of hydrogen-bond acceptors (Lipinski definition) is 0. The minimum Gasteiger partial charge on any atom is -0.0985 e. The summed E-state index contributed by atoms with van der Waals surface area (Å²) in [5.41, 5.74) is 2.11. The Bertz CT molecular complexity index is 269. The zero-order valence-corrected chi connectivity index (χ0v) is 8.34. The lowest BCUT2D eigenvalue weighted by Gasteiger charge is -1.98. The number of hydrogen-bond donors (Lipinski definition) is 0. The van der Waals surface area contributed by atoms with Gasteiger partial charge in [0.15, 0.2) is 0 Å². The highest BCUT2D eigenvalue weighted by Crippen LogP contribution is 2.14. The standard InChI is InChI=1S/C10H9I/c1-3-8(2)9-4-6-10(11)7-5-9/h3-7H,1-2H2. The summed E-state index contributed by atoms with van der Waals surface area (Å²) in [5, 5.41) is 0. The van der Waals surface area contributed by atoms with Gasteiger partial charge in [-0.15, -0.1) is 0 Å². The fourth-order valence-corrected chi connectivity index (χ4v) is 1.14. The van der Waals surface area contributed by atoms with Crippen molar-refractivity contribution in [1.82, 2.24) is 0 Å². The Balaban J connectivity index is 2.98. The largest absolute Gasteiger partial charge is 0.0985 e. The molecule has 1 aromatic rings. The van der Waals surface area contributed by atoms with Crippen molar-refractivity contribution >= 4 is 28.2 Å². The Kier molecular flexibility index (Phi) is 2.88. The highest BCUT2D eigenvalue weighted by Gasteiger charge is 1.92. The maximum absolute atomic E-state index is 3.85. The molecule has 0 saturated heterocycles. The van der Waals surface area contributed by atoms with Crippen molar-refractivity contribution < 1.29 is 0 Å². The molecule has 56 valence electrons. The molecule has 0 amide bonds. The van der Waals surface area contributed by atoms with Crippen molar-refractivity contribution in [3.63, 3.8) is 0 Å². The van der Waals surface area contributed by atoms with Crippen LogP contribution in [0.5, 0.6) is 0 Å². The summed E-state index contributed by atoms with van der Waals surface area (Å²) in [7, 11) is 0. The van der Waals surface area contributed by atoms with Gasteiger partial charge in [0.2, 0.25) is 0 Å². The zero-order valence-electron chi connectivity index (χ0n) is 6.18. The van der Waals surface area contributed by atoms with Gasteiger partial charge in [-0.1, -0.05) is 31.4 Å². The first-order valence-corrected chi connectivity index (χ1v) is 4.39. The molecule has 0 bridgehead atoms. The third-order valence-electron chi connectivity index (χ3n) is 1.46. The molecule has 0 unspecified atom stereocenters. The average molecular weight is 256 g/mol. The van der Waals surface area contributed by atoms with Crippen LogP contribution in [0.25, 0.3) is 5.57 Å². The molecule has 0 atom stereocenters. The summed E-state index contributed by atoms with van der Waals surface area (Å²) in [4.78, 5) is 0. The van der Waals surface area contributed by atoms with Crippen LogP contribution in [0, 0.1) is 3.57 Å². The van der Waals surface area contributed by atoms with Gasteiger partial charge in [-0.2, -0.15) is 0 Å². The van der Waals surface area contributed by atoms with Gasteiger partial charge in [0.25, 0.3) is 0 Å². The molecule has 0 spiro atoms. The van der Waals surface area contributed by atoms with E-state index in [9.17, 15) is 0 Å². The van der Waals surface area contributed by atoms with Crippen LogP contribution in [0.4, 0.5) is 0 Å². The first-order valence-electron chi connectivity index (χ1n) is 3.31. The second kappa shape index (κ2) is 3.72. The summed E-state index contributed by atoms with van der Waals surface area (Å²) >= 11 is 2.28. The predicted octanol–water partition coefficient (Wildman–Crippen LogP) is 3.49. The van der Waals surface area contributed by atoms with Crippen LogP contribution in [-0.2, 0) is 0 Å². The molecule has 0 fully saturated rings. The lowest BCUT2D eigenvalue weighted by Crippen LogP contribution is -1.77. The molecule has 1 aromatic carbocycles. The van der Waals surface area contributed by atoms with Gasteiger partial charge in [-0.3, -0.25) is 0 Å². The fraction of sp³-hybridized carbons (Fsp3) is 0. The quantitative estimate of drug-likeness (QED) is 0.561. The molecule has 1 heteroatoms. The van der Waals surface area contributed by atoms with Crippen LogP contribution in [0.15, 0.2) is 43.5 Å². The lowest BCUT2D eigenvalue weighted by molar-refractivity contribution is 1.59. The molecule has 0 aliphatic carbocycles. The minimum atomic E-state index is 0.974. The maximum atomic E-state index is 3.85.